The minimum atomic E-state index is -0.857. The fourth-order valence-corrected chi connectivity index (χ4v) is 4.22. The number of carbonyl (C=O) groups excluding carboxylic acids is 2. The van der Waals surface area contributed by atoms with Crippen molar-refractivity contribution in [2.75, 3.05) is 0 Å². The third-order valence-electron chi connectivity index (χ3n) is 5.64. The molecule has 2 N–H and O–H groups in total. The molecule has 3 aromatic carbocycles. The average Bonchev–Trinajstić information content (AvgIpc) is 3.18. The average molecular weight is 402 g/mol. The van der Waals surface area contributed by atoms with Gasteiger partial charge in [-0.05, 0) is 38.1 Å². The summed E-state index contributed by atoms with van der Waals surface area (Å²) in [6, 6.07) is 13.4. The van der Waals surface area contributed by atoms with Gasteiger partial charge in [-0.25, -0.2) is 0 Å². The summed E-state index contributed by atoms with van der Waals surface area (Å²) in [5.41, 5.74) is 3.59. The zero-order valence-corrected chi connectivity index (χ0v) is 16.3. The van der Waals surface area contributed by atoms with Crippen molar-refractivity contribution in [2.45, 2.75) is 25.7 Å². The molecule has 0 radical (unpaired) electrons. The summed E-state index contributed by atoms with van der Waals surface area (Å²) >= 11 is 0. The number of aryl methyl sites for hydroxylation is 2. The number of benzene rings is 3. The van der Waals surface area contributed by atoms with Gasteiger partial charge in [-0.3, -0.25) is 9.59 Å². The molecule has 0 bridgehead atoms. The van der Waals surface area contributed by atoms with E-state index in [1.165, 1.54) is 12.1 Å². The highest BCUT2D eigenvalue weighted by molar-refractivity contribution is 5.92. The van der Waals surface area contributed by atoms with Crippen molar-refractivity contribution in [3.63, 3.8) is 0 Å². The normalized spacial score (nSPS) is 19.3. The van der Waals surface area contributed by atoms with Crippen molar-refractivity contribution in [3.8, 4) is 23.0 Å². The highest BCUT2D eigenvalue weighted by Gasteiger charge is 2.40. The standard InChI is InChI=1S/C24H18O6/c1-11-3-5-19-15(7-11)21(23(27)29-19)13-9-18(26)14(10-17(13)25)22-16-8-12(2)4-6-20(16)30-24(22)28/h3-10,21-22,25-26H,1-2H3. The molecule has 2 aliphatic rings. The van der Waals surface area contributed by atoms with Gasteiger partial charge in [0.15, 0.2) is 0 Å². The molecular formula is C24H18O6. The molecule has 150 valence electrons. The van der Waals surface area contributed by atoms with Crippen LogP contribution in [0.2, 0.25) is 0 Å². The van der Waals surface area contributed by atoms with Gasteiger partial charge in [0.05, 0.1) is 0 Å². The van der Waals surface area contributed by atoms with Crippen LogP contribution in [0.1, 0.15) is 45.2 Å². The van der Waals surface area contributed by atoms with E-state index in [-0.39, 0.29) is 22.6 Å². The fourth-order valence-electron chi connectivity index (χ4n) is 4.22. The second kappa shape index (κ2) is 6.35. The van der Waals surface area contributed by atoms with E-state index in [1.807, 2.05) is 38.1 Å². The predicted octanol–water partition coefficient (Wildman–Crippen LogP) is 3.82. The number of carbonyl (C=O) groups is 2. The van der Waals surface area contributed by atoms with Gasteiger partial charge in [0.25, 0.3) is 0 Å². The van der Waals surface area contributed by atoms with Crippen LogP contribution in [0.15, 0.2) is 48.5 Å². The lowest BCUT2D eigenvalue weighted by Gasteiger charge is -2.16. The van der Waals surface area contributed by atoms with Crippen LogP contribution in [0.5, 0.6) is 23.0 Å². The first-order valence-electron chi connectivity index (χ1n) is 9.53. The number of fused-ring (bicyclic) bond motifs is 2. The Morgan fingerprint density at radius 2 is 1.03 bits per heavy atom. The Morgan fingerprint density at radius 1 is 0.633 bits per heavy atom. The number of phenolic OH excluding ortho intramolecular Hbond substituents is 2. The van der Waals surface area contributed by atoms with Crippen LogP contribution < -0.4 is 9.47 Å². The molecule has 2 unspecified atom stereocenters. The zero-order chi connectivity index (χ0) is 21.2. The molecule has 0 saturated heterocycles. The van der Waals surface area contributed by atoms with Gasteiger partial charge in [0.1, 0.15) is 34.8 Å². The maximum absolute atomic E-state index is 12.5. The van der Waals surface area contributed by atoms with E-state index < -0.39 is 23.8 Å². The van der Waals surface area contributed by atoms with Gasteiger partial charge >= 0.3 is 11.9 Å². The molecule has 30 heavy (non-hydrogen) atoms. The molecule has 0 aromatic heterocycles. The van der Waals surface area contributed by atoms with Gasteiger partial charge in [0, 0.05) is 22.3 Å². The zero-order valence-electron chi connectivity index (χ0n) is 16.3. The largest absolute Gasteiger partial charge is 0.508 e. The van der Waals surface area contributed by atoms with Crippen LogP contribution in [0.3, 0.4) is 0 Å². The van der Waals surface area contributed by atoms with E-state index in [1.54, 1.807) is 12.1 Å². The van der Waals surface area contributed by atoms with Crippen LogP contribution in [0, 0.1) is 13.8 Å². The molecule has 0 amide bonds. The second-order valence-corrected chi connectivity index (χ2v) is 7.76. The van der Waals surface area contributed by atoms with E-state index in [0.29, 0.717) is 22.6 Å². The van der Waals surface area contributed by atoms with E-state index in [2.05, 4.69) is 0 Å². The molecule has 2 atom stereocenters. The van der Waals surface area contributed by atoms with E-state index >= 15 is 0 Å². The predicted molar refractivity (Wildman–Crippen MR) is 107 cm³/mol. The molecule has 2 aliphatic heterocycles. The Hall–Kier alpha value is -3.80. The van der Waals surface area contributed by atoms with Crippen LogP contribution in [0.25, 0.3) is 0 Å². The number of hydrogen-bond donors (Lipinski definition) is 2. The molecule has 0 saturated carbocycles. The highest BCUT2D eigenvalue weighted by atomic mass is 16.5. The summed E-state index contributed by atoms with van der Waals surface area (Å²) in [5, 5.41) is 21.5. The Bertz CT molecular complexity index is 1150. The third kappa shape index (κ3) is 2.64. The van der Waals surface area contributed by atoms with Gasteiger partial charge in [0.2, 0.25) is 0 Å². The van der Waals surface area contributed by atoms with Crippen molar-refractivity contribution in [1.29, 1.82) is 0 Å². The summed E-state index contributed by atoms with van der Waals surface area (Å²) in [6.45, 7) is 3.79. The SMILES string of the molecule is Cc1ccc2c(c1)C(c1cc(O)c(C3C(=O)Oc4ccc(C)cc43)cc1O)C(=O)O2. The van der Waals surface area contributed by atoms with Crippen molar-refractivity contribution in [2.24, 2.45) is 0 Å². The summed E-state index contributed by atoms with van der Waals surface area (Å²) in [4.78, 5) is 25.0. The van der Waals surface area contributed by atoms with Gasteiger partial charge in [-0.2, -0.15) is 0 Å². The van der Waals surface area contributed by atoms with Crippen LogP contribution >= 0.6 is 0 Å². The van der Waals surface area contributed by atoms with Gasteiger partial charge in [-0.15, -0.1) is 0 Å². The maximum Gasteiger partial charge on any atom is 0.323 e. The summed E-state index contributed by atoms with van der Waals surface area (Å²) in [6.07, 6.45) is 0. The first-order chi connectivity index (χ1) is 14.3. The Morgan fingerprint density at radius 3 is 1.43 bits per heavy atom. The number of ether oxygens (including phenoxy) is 2. The minimum Gasteiger partial charge on any atom is -0.508 e. The number of rotatable bonds is 2. The molecule has 6 nitrogen and oxygen atoms in total. The minimum absolute atomic E-state index is 0.201. The van der Waals surface area contributed by atoms with Crippen molar-refractivity contribution >= 4 is 11.9 Å². The van der Waals surface area contributed by atoms with E-state index in [4.69, 9.17) is 9.47 Å². The summed E-state index contributed by atoms with van der Waals surface area (Å²) in [5.74, 6) is -2.31. The number of phenols is 2. The molecule has 3 aromatic rings. The van der Waals surface area contributed by atoms with Crippen LogP contribution in [0.4, 0.5) is 0 Å². The molecule has 0 aliphatic carbocycles. The van der Waals surface area contributed by atoms with Crippen LogP contribution in [-0.4, -0.2) is 22.2 Å². The van der Waals surface area contributed by atoms with Crippen molar-refractivity contribution in [3.05, 3.63) is 81.9 Å². The summed E-state index contributed by atoms with van der Waals surface area (Å²) < 4.78 is 10.6. The Balaban J connectivity index is 1.62. The Labute approximate surface area is 172 Å². The molecular weight excluding hydrogens is 384 g/mol. The number of esters is 2. The van der Waals surface area contributed by atoms with Crippen molar-refractivity contribution in [1.82, 2.24) is 0 Å². The van der Waals surface area contributed by atoms with Crippen molar-refractivity contribution < 1.29 is 29.3 Å². The van der Waals surface area contributed by atoms with Gasteiger partial charge in [-0.1, -0.05) is 35.4 Å². The summed E-state index contributed by atoms with van der Waals surface area (Å²) in [7, 11) is 0. The molecule has 0 fully saturated rings. The van der Waals surface area contributed by atoms with Gasteiger partial charge < -0.3 is 19.7 Å². The fraction of sp³-hybridized carbons (Fsp3) is 0.167. The smallest absolute Gasteiger partial charge is 0.323 e. The number of hydrogen-bond acceptors (Lipinski definition) is 6. The second-order valence-electron chi connectivity index (χ2n) is 7.76. The molecule has 2 heterocycles. The number of aromatic hydroxyl groups is 2. The lowest BCUT2D eigenvalue weighted by molar-refractivity contribution is -0.134. The first-order valence-corrected chi connectivity index (χ1v) is 9.53. The molecule has 5 rings (SSSR count). The highest BCUT2D eigenvalue weighted by Crippen LogP contribution is 2.48. The topological polar surface area (TPSA) is 93.1 Å². The van der Waals surface area contributed by atoms with E-state index in [9.17, 15) is 19.8 Å². The lowest BCUT2D eigenvalue weighted by atomic mass is 9.86. The molecule has 6 heteroatoms. The quantitative estimate of drug-likeness (QED) is 0.385. The maximum atomic E-state index is 12.5. The van der Waals surface area contributed by atoms with Crippen LogP contribution in [-0.2, 0) is 9.59 Å². The molecule has 0 spiro atoms. The first kappa shape index (κ1) is 18.2. The Kier molecular flexibility index (Phi) is 3.86. The third-order valence-corrected chi connectivity index (χ3v) is 5.64. The lowest BCUT2D eigenvalue weighted by Crippen LogP contribution is -2.14. The van der Waals surface area contributed by atoms with E-state index in [0.717, 1.165) is 11.1 Å². The monoisotopic (exact) mass is 402 g/mol.